The lowest BCUT2D eigenvalue weighted by Crippen LogP contribution is -2.08. The zero-order valence-electron chi connectivity index (χ0n) is 9.39. The van der Waals surface area contributed by atoms with Crippen LogP contribution in [0, 0.1) is 0 Å². The molecule has 6 heteroatoms. The highest BCUT2D eigenvalue weighted by Gasteiger charge is 2.14. The van der Waals surface area contributed by atoms with Crippen molar-refractivity contribution in [2.75, 3.05) is 0 Å². The Balaban J connectivity index is 2.35. The third-order valence-electron chi connectivity index (χ3n) is 2.47. The average Bonchev–Trinajstić information content (AvgIpc) is 2.89. The van der Waals surface area contributed by atoms with E-state index in [0.717, 1.165) is 28.8 Å². The second-order valence-electron chi connectivity index (χ2n) is 3.47. The fourth-order valence-corrected chi connectivity index (χ4v) is 2.33. The molecular formula is C10H14BrN5. The van der Waals surface area contributed by atoms with Gasteiger partial charge in [-0.25, -0.2) is 9.67 Å². The number of aryl methyl sites for hydroxylation is 2. The molecule has 0 aliphatic carbocycles. The van der Waals surface area contributed by atoms with E-state index in [-0.39, 0.29) is 0 Å². The van der Waals surface area contributed by atoms with E-state index in [2.05, 4.69) is 45.0 Å². The Morgan fingerprint density at radius 3 is 2.75 bits per heavy atom. The lowest BCUT2D eigenvalue weighted by Gasteiger charge is -2.04. The molecule has 0 bridgehead atoms. The molecular weight excluding hydrogens is 270 g/mol. The molecule has 0 atom stereocenters. The first-order valence-electron chi connectivity index (χ1n) is 5.32. The number of hydrogen-bond donors (Lipinski definition) is 0. The summed E-state index contributed by atoms with van der Waals surface area (Å²) in [7, 11) is 0. The van der Waals surface area contributed by atoms with Crippen molar-refractivity contribution in [2.45, 2.75) is 33.4 Å². The van der Waals surface area contributed by atoms with Crippen LogP contribution in [0.2, 0.25) is 0 Å². The van der Waals surface area contributed by atoms with Crippen molar-refractivity contribution in [2.24, 2.45) is 0 Å². The maximum atomic E-state index is 4.54. The zero-order valence-corrected chi connectivity index (χ0v) is 11.0. The van der Waals surface area contributed by atoms with Crippen molar-refractivity contribution in [3.05, 3.63) is 28.5 Å². The maximum absolute atomic E-state index is 4.54. The summed E-state index contributed by atoms with van der Waals surface area (Å²) in [6.45, 7) is 5.75. The molecule has 0 aromatic carbocycles. The summed E-state index contributed by atoms with van der Waals surface area (Å²) in [5.74, 6) is 0. The highest BCUT2D eigenvalue weighted by Crippen LogP contribution is 2.22. The Morgan fingerprint density at radius 2 is 2.19 bits per heavy atom. The molecule has 0 saturated carbocycles. The largest absolute Gasteiger partial charge is 0.267 e. The van der Waals surface area contributed by atoms with Crippen LogP contribution in [0.4, 0.5) is 0 Å². The first kappa shape index (κ1) is 11.3. The molecule has 86 valence electrons. The minimum atomic E-state index is 0.696. The molecule has 0 fully saturated rings. The number of hydrogen-bond acceptors (Lipinski definition) is 3. The molecule has 2 rings (SSSR count). The monoisotopic (exact) mass is 283 g/mol. The van der Waals surface area contributed by atoms with E-state index in [1.54, 1.807) is 17.3 Å². The fourth-order valence-electron chi connectivity index (χ4n) is 1.64. The minimum Gasteiger partial charge on any atom is -0.267 e. The van der Waals surface area contributed by atoms with Crippen molar-refractivity contribution >= 4 is 15.9 Å². The van der Waals surface area contributed by atoms with Gasteiger partial charge in [0.05, 0.1) is 22.4 Å². The summed E-state index contributed by atoms with van der Waals surface area (Å²) in [6, 6.07) is 0. The van der Waals surface area contributed by atoms with Crippen LogP contribution in [-0.4, -0.2) is 24.5 Å². The van der Waals surface area contributed by atoms with Crippen molar-refractivity contribution in [1.82, 2.24) is 24.5 Å². The molecule has 16 heavy (non-hydrogen) atoms. The van der Waals surface area contributed by atoms with E-state index in [4.69, 9.17) is 0 Å². The van der Waals surface area contributed by atoms with Crippen LogP contribution in [-0.2, 0) is 19.5 Å². The van der Waals surface area contributed by atoms with Gasteiger partial charge in [0, 0.05) is 6.54 Å². The summed E-state index contributed by atoms with van der Waals surface area (Å²) in [6.07, 6.45) is 4.18. The van der Waals surface area contributed by atoms with Gasteiger partial charge in [-0.1, -0.05) is 6.92 Å². The van der Waals surface area contributed by atoms with Crippen molar-refractivity contribution < 1.29 is 0 Å². The van der Waals surface area contributed by atoms with Gasteiger partial charge in [-0.3, -0.25) is 4.68 Å². The van der Waals surface area contributed by atoms with E-state index in [1.807, 2.05) is 4.68 Å². The van der Waals surface area contributed by atoms with Gasteiger partial charge < -0.3 is 0 Å². The molecule has 0 radical (unpaired) electrons. The third kappa shape index (κ3) is 2.02. The van der Waals surface area contributed by atoms with Crippen LogP contribution < -0.4 is 0 Å². The van der Waals surface area contributed by atoms with E-state index in [0.29, 0.717) is 6.54 Å². The van der Waals surface area contributed by atoms with Gasteiger partial charge in [0.2, 0.25) is 0 Å². The minimum absolute atomic E-state index is 0.696. The SMILES string of the molecule is CCc1nn(CC)c(Cn2cncn2)c1Br. The molecule has 0 aliphatic rings. The highest BCUT2D eigenvalue weighted by molar-refractivity contribution is 9.10. The molecule has 0 unspecified atom stereocenters. The summed E-state index contributed by atoms with van der Waals surface area (Å²) < 4.78 is 4.89. The molecule has 2 aromatic rings. The topological polar surface area (TPSA) is 48.5 Å². The smallest absolute Gasteiger partial charge is 0.137 e. The quantitative estimate of drug-likeness (QED) is 0.861. The molecule has 2 heterocycles. The number of rotatable bonds is 4. The Kier molecular flexibility index (Phi) is 3.38. The summed E-state index contributed by atoms with van der Waals surface area (Å²) in [5.41, 5.74) is 2.24. The van der Waals surface area contributed by atoms with Crippen molar-refractivity contribution in [1.29, 1.82) is 0 Å². The summed E-state index contributed by atoms with van der Waals surface area (Å²) in [4.78, 5) is 3.94. The van der Waals surface area contributed by atoms with Crippen LogP contribution in [0.25, 0.3) is 0 Å². The van der Waals surface area contributed by atoms with Crippen LogP contribution in [0.3, 0.4) is 0 Å². The Hall–Kier alpha value is -1.17. The van der Waals surface area contributed by atoms with Gasteiger partial charge in [0.15, 0.2) is 0 Å². The van der Waals surface area contributed by atoms with Crippen molar-refractivity contribution in [3.8, 4) is 0 Å². The second-order valence-corrected chi connectivity index (χ2v) is 4.26. The average molecular weight is 284 g/mol. The van der Waals surface area contributed by atoms with Crippen LogP contribution in [0.5, 0.6) is 0 Å². The standard InChI is InChI=1S/C10H14BrN5/c1-3-8-10(11)9(16(4-2)14-8)5-15-7-12-6-13-15/h6-7H,3-5H2,1-2H3. The van der Waals surface area contributed by atoms with Crippen molar-refractivity contribution in [3.63, 3.8) is 0 Å². The third-order valence-corrected chi connectivity index (χ3v) is 3.39. The molecule has 0 spiro atoms. The first-order valence-corrected chi connectivity index (χ1v) is 6.12. The van der Waals surface area contributed by atoms with E-state index >= 15 is 0 Å². The maximum Gasteiger partial charge on any atom is 0.137 e. The van der Waals surface area contributed by atoms with E-state index < -0.39 is 0 Å². The van der Waals surface area contributed by atoms with Gasteiger partial charge in [0.1, 0.15) is 12.7 Å². The molecule has 5 nitrogen and oxygen atoms in total. The molecule has 0 amide bonds. The highest BCUT2D eigenvalue weighted by atomic mass is 79.9. The Bertz CT molecular complexity index is 460. The molecule has 0 N–H and O–H groups in total. The lowest BCUT2D eigenvalue weighted by molar-refractivity contribution is 0.572. The first-order chi connectivity index (χ1) is 7.76. The normalized spacial score (nSPS) is 10.9. The predicted molar refractivity (Wildman–Crippen MR) is 64.1 cm³/mol. The fraction of sp³-hybridized carbons (Fsp3) is 0.500. The molecule has 2 aromatic heterocycles. The van der Waals surface area contributed by atoms with Gasteiger partial charge in [-0.05, 0) is 29.3 Å². The second kappa shape index (κ2) is 4.78. The van der Waals surface area contributed by atoms with Crippen LogP contribution in [0.15, 0.2) is 17.1 Å². The summed E-state index contributed by atoms with van der Waals surface area (Å²) in [5, 5.41) is 8.64. The van der Waals surface area contributed by atoms with E-state index in [1.165, 1.54) is 0 Å². The van der Waals surface area contributed by atoms with Gasteiger partial charge in [-0.15, -0.1) is 0 Å². The lowest BCUT2D eigenvalue weighted by atomic mass is 10.3. The van der Waals surface area contributed by atoms with Gasteiger partial charge in [0.25, 0.3) is 0 Å². The summed E-state index contributed by atoms with van der Waals surface area (Å²) >= 11 is 3.60. The van der Waals surface area contributed by atoms with E-state index in [9.17, 15) is 0 Å². The molecule has 0 saturated heterocycles. The van der Waals surface area contributed by atoms with Crippen LogP contribution >= 0.6 is 15.9 Å². The molecule has 0 aliphatic heterocycles. The van der Waals surface area contributed by atoms with Gasteiger partial charge in [-0.2, -0.15) is 10.2 Å². The van der Waals surface area contributed by atoms with Crippen LogP contribution in [0.1, 0.15) is 25.2 Å². The Morgan fingerprint density at radius 1 is 1.38 bits per heavy atom. The predicted octanol–water partition coefficient (Wildman–Crippen LogP) is 1.87. The Labute approximate surface area is 103 Å². The number of halogens is 1. The number of nitrogens with zero attached hydrogens (tertiary/aromatic N) is 5. The van der Waals surface area contributed by atoms with Gasteiger partial charge >= 0.3 is 0 Å². The number of aromatic nitrogens is 5. The zero-order chi connectivity index (χ0) is 11.5.